The molecule has 1 aromatic rings. The Morgan fingerprint density at radius 3 is 2.71 bits per heavy atom. The van der Waals surface area contributed by atoms with Crippen molar-refractivity contribution in [2.45, 2.75) is 38.3 Å². The van der Waals surface area contributed by atoms with Crippen LogP contribution in [0.3, 0.4) is 0 Å². The van der Waals surface area contributed by atoms with Gasteiger partial charge in [-0.25, -0.2) is 9.97 Å². The number of ether oxygens (including phenoxy) is 2. The molecule has 0 aliphatic carbocycles. The Labute approximate surface area is 142 Å². The maximum absolute atomic E-state index is 11.9. The summed E-state index contributed by atoms with van der Waals surface area (Å²) in [7, 11) is 0. The lowest BCUT2D eigenvalue weighted by molar-refractivity contribution is -0.121. The van der Waals surface area contributed by atoms with Crippen LogP contribution in [0.5, 0.6) is 0 Å². The van der Waals surface area contributed by atoms with Gasteiger partial charge >= 0.3 is 0 Å². The van der Waals surface area contributed by atoms with E-state index in [1.807, 2.05) is 0 Å². The maximum atomic E-state index is 11.9. The molecule has 7 nitrogen and oxygen atoms in total. The zero-order chi connectivity index (χ0) is 16.6. The van der Waals surface area contributed by atoms with Gasteiger partial charge in [-0.15, -0.1) is 0 Å². The van der Waals surface area contributed by atoms with Crippen LogP contribution in [0.4, 0.5) is 0 Å². The highest BCUT2D eigenvalue weighted by Crippen LogP contribution is 2.24. The van der Waals surface area contributed by atoms with Crippen LogP contribution in [0.1, 0.15) is 43.2 Å². The van der Waals surface area contributed by atoms with E-state index < -0.39 is 0 Å². The summed E-state index contributed by atoms with van der Waals surface area (Å²) in [5, 5.41) is 2.93. The second-order valence-corrected chi connectivity index (χ2v) is 6.29. The Morgan fingerprint density at radius 1 is 1.21 bits per heavy atom. The Kier molecular flexibility index (Phi) is 6.51. The van der Waals surface area contributed by atoms with E-state index in [2.05, 4.69) is 20.2 Å². The third-order valence-corrected chi connectivity index (χ3v) is 4.44. The Morgan fingerprint density at radius 2 is 2.00 bits per heavy atom. The van der Waals surface area contributed by atoms with Crippen molar-refractivity contribution in [3.8, 4) is 0 Å². The number of aromatic nitrogens is 2. The molecule has 24 heavy (non-hydrogen) atoms. The number of nitrogens with one attached hydrogen (secondary N) is 1. The standard InChI is InChI=1S/C17H26N4O3/c22-16(4-5-21-6-9-23-10-7-21)18-11-14-12-19-17(20-13-14)15-3-1-2-8-24-15/h12-13,15H,1-11H2,(H,18,22)/t15-/m0/s1. The number of amides is 1. The second kappa shape index (κ2) is 9.05. The van der Waals surface area contributed by atoms with Crippen LogP contribution in [-0.4, -0.2) is 60.2 Å². The second-order valence-electron chi connectivity index (χ2n) is 6.29. The summed E-state index contributed by atoms with van der Waals surface area (Å²) >= 11 is 0. The monoisotopic (exact) mass is 334 g/mol. The topological polar surface area (TPSA) is 76.6 Å². The van der Waals surface area contributed by atoms with E-state index in [-0.39, 0.29) is 12.0 Å². The lowest BCUT2D eigenvalue weighted by atomic mass is 10.1. The van der Waals surface area contributed by atoms with Gasteiger partial charge < -0.3 is 14.8 Å². The highest BCUT2D eigenvalue weighted by Gasteiger charge is 2.18. The molecule has 3 rings (SSSR count). The summed E-state index contributed by atoms with van der Waals surface area (Å²) in [4.78, 5) is 23.0. The van der Waals surface area contributed by atoms with Crippen LogP contribution in [0, 0.1) is 0 Å². The van der Waals surface area contributed by atoms with Crippen molar-refractivity contribution in [2.75, 3.05) is 39.5 Å². The lowest BCUT2D eigenvalue weighted by Crippen LogP contribution is -2.38. The van der Waals surface area contributed by atoms with Crippen LogP contribution in [-0.2, 0) is 20.8 Å². The van der Waals surface area contributed by atoms with E-state index in [1.165, 1.54) is 0 Å². The van der Waals surface area contributed by atoms with E-state index in [0.29, 0.717) is 13.0 Å². The highest BCUT2D eigenvalue weighted by atomic mass is 16.5. The summed E-state index contributed by atoms with van der Waals surface area (Å²) in [6.45, 7) is 5.37. The minimum atomic E-state index is 0.0240. The fourth-order valence-electron chi connectivity index (χ4n) is 2.94. The number of carbonyl (C=O) groups excluding carboxylic acids is 1. The van der Waals surface area contributed by atoms with E-state index in [0.717, 1.165) is 70.1 Å². The van der Waals surface area contributed by atoms with E-state index >= 15 is 0 Å². The molecule has 1 N–H and O–H groups in total. The smallest absolute Gasteiger partial charge is 0.221 e. The van der Waals surface area contributed by atoms with Crippen LogP contribution >= 0.6 is 0 Å². The van der Waals surface area contributed by atoms with Gasteiger partial charge in [0.2, 0.25) is 5.91 Å². The molecular formula is C17H26N4O3. The van der Waals surface area contributed by atoms with Gasteiger partial charge in [0.15, 0.2) is 5.82 Å². The van der Waals surface area contributed by atoms with Crippen molar-refractivity contribution >= 4 is 5.91 Å². The number of carbonyl (C=O) groups is 1. The maximum Gasteiger partial charge on any atom is 0.221 e. The molecule has 2 saturated heterocycles. The molecule has 1 amide bonds. The summed E-state index contributed by atoms with van der Waals surface area (Å²) < 4.78 is 11.0. The molecule has 0 spiro atoms. The third kappa shape index (κ3) is 5.22. The van der Waals surface area contributed by atoms with Crippen molar-refractivity contribution in [2.24, 2.45) is 0 Å². The molecule has 2 aliphatic rings. The average molecular weight is 334 g/mol. The predicted molar refractivity (Wildman–Crippen MR) is 88.3 cm³/mol. The first-order chi connectivity index (χ1) is 11.8. The van der Waals surface area contributed by atoms with Crippen molar-refractivity contribution in [3.63, 3.8) is 0 Å². The quantitative estimate of drug-likeness (QED) is 0.838. The van der Waals surface area contributed by atoms with Crippen molar-refractivity contribution in [1.29, 1.82) is 0 Å². The van der Waals surface area contributed by atoms with Gasteiger partial charge in [0.05, 0.1) is 13.2 Å². The molecule has 0 unspecified atom stereocenters. The van der Waals surface area contributed by atoms with E-state index in [9.17, 15) is 4.79 Å². The molecule has 3 heterocycles. The zero-order valence-corrected chi connectivity index (χ0v) is 14.1. The zero-order valence-electron chi connectivity index (χ0n) is 14.1. The summed E-state index contributed by atoms with van der Waals surface area (Å²) in [6, 6.07) is 0. The molecule has 0 bridgehead atoms. The van der Waals surface area contributed by atoms with Crippen LogP contribution in [0.15, 0.2) is 12.4 Å². The first-order valence-corrected chi connectivity index (χ1v) is 8.80. The number of rotatable bonds is 6. The minimum absolute atomic E-state index is 0.0240. The predicted octanol–water partition coefficient (Wildman–Crippen LogP) is 1.06. The number of hydrogen-bond acceptors (Lipinski definition) is 6. The molecule has 1 aromatic heterocycles. The average Bonchev–Trinajstić information content (AvgIpc) is 2.67. The first kappa shape index (κ1) is 17.3. The Bertz CT molecular complexity index is 511. The number of morpholine rings is 1. The van der Waals surface area contributed by atoms with Gasteiger partial charge in [-0.05, 0) is 19.3 Å². The summed E-state index contributed by atoms with van der Waals surface area (Å²) in [5.74, 6) is 0.804. The minimum Gasteiger partial charge on any atom is -0.379 e. The van der Waals surface area contributed by atoms with Gasteiger partial charge in [0, 0.05) is 57.2 Å². The SMILES string of the molecule is O=C(CCN1CCOCC1)NCc1cnc([C@@H]2CCCCO2)nc1. The number of hydrogen-bond donors (Lipinski definition) is 1. The molecule has 2 aliphatic heterocycles. The number of nitrogens with zero attached hydrogens (tertiary/aromatic N) is 3. The van der Waals surface area contributed by atoms with E-state index in [4.69, 9.17) is 9.47 Å². The summed E-state index contributed by atoms with van der Waals surface area (Å²) in [5.41, 5.74) is 0.911. The normalized spacial score (nSPS) is 22.2. The molecule has 0 saturated carbocycles. The van der Waals surface area contributed by atoms with Crippen LogP contribution < -0.4 is 5.32 Å². The molecule has 0 aromatic carbocycles. The van der Waals surface area contributed by atoms with Gasteiger partial charge in [0.1, 0.15) is 6.10 Å². The molecule has 132 valence electrons. The summed E-state index contributed by atoms with van der Waals surface area (Å²) in [6.07, 6.45) is 7.35. The highest BCUT2D eigenvalue weighted by molar-refractivity contribution is 5.76. The van der Waals surface area contributed by atoms with Crippen molar-refractivity contribution in [3.05, 3.63) is 23.8 Å². The van der Waals surface area contributed by atoms with Crippen LogP contribution in [0.2, 0.25) is 0 Å². The lowest BCUT2D eigenvalue weighted by Gasteiger charge is -2.26. The van der Waals surface area contributed by atoms with Crippen LogP contribution in [0.25, 0.3) is 0 Å². The van der Waals surface area contributed by atoms with E-state index in [1.54, 1.807) is 12.4 Å². The first-order valence-electron chi connectivity index (χ1n) is 8.80. The van der Waals surface area contributed by atoms with Gasteiger partial charge in [-0.2, -0.15) is 0 Å². The molecule has 1 atom stereocenters. The third-order valence-electron chi connectivity index (χ3n) is 4.44. The molecule has 0 radical (unpaired) electrons. The fourth-order valence-corrected chi connectivity index (χ4v) is 2.94. The fraction of sp³-hybridized carbons (Fsp3) is 0.706. The van der Waals surface area contributed by atoms with Crippen molar-refractivity contribution in [1.82, 2.24) is 20.2 Å². The molecular weight excluding hydrogens is 308 g/mol. The largest absolute Gasteiger partial charge is 0.379 e. The van der Waals surface area contributed by atoms with Gasteiger partial charge in [-0.1, -0.05) is 0 Å². The molecule has 2 fully saturated rings. The Hall–Kier alpha value is -1.57. The Balaban J connectivity index is 1.38. The van der Waals surface area contributed by atoms with Gasteiger partial charge in [-0.3, -0.25) is 9.69 Å². The van der Waals surface area contributed by atoms with Gasteiger partial charge in [0.25, 0.3) is 0 Å². The molecule has 7 heteroatoms. The van der Waals surface area contributed by atoms with Crippen molar-refractivity contribution < 1.29 is 14.3 Å².